The third-order valence-corrected chi connectivity index (χ3v) is 1.99. The fourth-order valence-electron chi connectivity index (χ4n) is 1.35. The second kappa shape index (κ2) is 4.38. The highest BCUT2D eigenvalue weighted by Crippen LogP contribution is 2.10. The van der Waals surface area contributed by atoms with Crippen molar-refractivity contribution >= 4 is 0 Å². The Kier molecular flexibility index (Phi) is 3.43. The van der Waals surface area contributed by atoms with Crippen LogP contribution >= 0.6 is 0 Å². The highest BCUT2D eigenvalue weighted by atomic mass is 19.1. The summed E-state index contributed by atoms with van der Waals surface area (Å²) in [7, 11) is 0. The van der Waals surface area contributed by atoms with Gasteiger partial charge in [-0.2, -0.15) is 0 Å². The minimum atomic E-state index is -0.153. The molecule has 0 amide bonds. The van der Waals surface area contributed by atoms with Crippen molar-refractivity contribution in [1.29, 1.82) is 0 Å². The molecule has 0 aliphatic rings. The molecule has 1 aromatic rings. The minimum Gasteiger partial charge on any atom is -0.328 e. The van der Waals surface area contributed by atoms with Gasteiger partial charge in [-0.1, -0.05) is 6.07 Å². The summed E-state index contributed by atoms with van der Waals surface area (Å²) in [6.45, 7) is 3.87. The van der Waals surface area contributed by atoms with E-state index in [1.807, 2.05) is 19.9 Å². The van der Waals surface area contributed by atoms with E-state index in [4.69, 9.17) is 5.73 Å². The number of aryl methyl sites for hydroxylation is 2. The largest absolute Gasteiger partial charge is 0.328 e. The Morgan fingerprint density at radius 3 is 2.62 bits per heavy atom. The predicted molar refractivity (Wildman–Crippen MR) is 53.1 cm³/mol. The third kappa shape index (κ3) is 3.55. The maximum absolute atomic E-state index is 12.9. The Balaban J connectivity index is 2.66. The van der Waals surface area contributed by atoms with Crippen LogP contribution in [-0.2, 0) is 6.42 Å². The lowest BCUT2D eigenvalue weighted by Crippen LogP contribution is -2.15. The number of benzene rings is 1. The summed E-state index contributed by atoms with van der Waals surface area (Å²) in [6.07, 6.45) is 1.76. The van der Waals surface area contributed by atoms with Gasteiger partial charge < -0.3 is 5.73 Å². The van der Waals surface area contributed by atoms with Gasteiger partial charge in [-0.05, 0) is 49.9 Å². The number of hydrogen-bond acceptors (Lipinski definition) is 1. The van der Waals surface area contributed by atoms with Crippen LogP contribution in [0, 0.1) is 12.7 Å². The van der Waals surface area contributed by atoms with Gasteiger partial charge in [0, 0.05) is 6.04 Å². The Labute approximate surface area is 78.8 Å². The van der Waals surface area contributed by atoms with Crippen LogP contribution in [-0.4, -0.2) is 6.04 Å². The van der Waals surface area contributed by atoms with Crippen LogP contribution in [0.4, 0.5) is 4.39 Å². The molecular formula is C11H16FN. The summed E-state index contributed by atoms with van der Waals surface area (Å²) >= 11 is 0. The Hall–Kier alpha value is -0.890. The molecule has 0 radical (unpaired) electrons. The van der Waals surface area contributed by atoms with Gasteiger partial charge in [-0.3, -0.25) is 0 Å². The van der Waals surface area contributed by atoms with Crippen molar-refractivity contribution in [2.24, 2.45) is 5.73 Å². The lowest BCUT2D eigenvalue weighted by Gasteiger charge is -2.05. The summed E-state index contributed by atoms with van der Waals surface area (Å²) in [5.41, 5.74) is 7.63. The molecule has 0 aliphatic heterocycles. The molecule has 0 aliphatic carbocycles. The molecule has 13 heavy (non-hydrogen) atoms. The van der Waals surface area contributed by atoms with Crippen LogP contribution in [0.5, 0.6) is 0 Å². The number of hydrogen-bond donors (Lipinski definition) is 1. The second-order valence-electron chi connectivity index (χ2n) is 3.65. The zero-order valence-corrected chi connectivity index (χ0v) is 8.18. The van der Waals surface area contributed by atoms with Gasteiger partial charge in [0.05, 0.1) is 0 Å². The normalized spacial score (nSPS) is 12.9. The van der Waals surface area contributed by atoms with Crippen molar-refractivity contribution in [1.82, 2.24) is 0 Å². The second-order valence-corrected chi connectivity index (χ2v) is 3.65. The Morgan fingerprint density at radius 2 is 2.08 bits per heavy atom. The van der Waals surface area contributed by atoms with Crippen molar-refractivity contribution in [3.63, 3.8) is 0 Å². The number of rotatable bonds is 3. The molecule has 72 valence electrons. The molecule has 1 atom stereocenters. The Morgan fingerprint density at radius 1 is 1.38 bits per heavy atom. The van der Waals surface area contributed by atoms with Gasteiger partial charge in [0.15, 0.2) is 0 Å². The standard InChI is InChI=1S/C11H16FN/c1-8-5-10(4-3-9(2)13)7-11(12)6-8/h5-7,9H,3-4,13H2,1-2H3/t9-/m0/s1. The molecule has 1 nitrogen and oxygen atoms in total. The van der Waals surface area contributed by atoms with E-state index < -0.39 is 0 Å². The predicted octanol–water partition coefficient (Wildman–Crippen LogP) is 2.41. The quantitative estimate of drug-likeness (QED) is 0.761. The molecule has 0 saturated heterocycles. The van der Waals surface area contributed by atoms with E-state index in [0.29, 0.717) is 0 Å². The van der Waals surface area contributed by atoms with Crippen LogP contribution in [0.25, 0.3) is 0 Å². The fraction of sp³-hybridized carbons (Fsp3) is 0.455. The van der Waals surface area contributed by atoms with E-state index in [1.54, 1.807) is 6.07 Å². The molecular weight excluding hydrogens is 165 g/mol. The average molecular weight is 181 g/mol. The van der Waals surface area contributed by atoms with E-state index in [2.05, 4.69) is 0 Å². The van der Waals surface area contributed by atoms with Gasteiger partial charge in [-0.25, -0.2) is 4.39 Å². The maximum Gasteiger partial charge on any atom is 0.123 e. The first kappa shape index (κ1) is 10.2. The van der Waals surface area contributed by atoms with E-state index in [-0.39, 0.29) is 11.9 Å². The van der Waals surface area contributed by atoms with E-state index in [1.165, 1.54) is 6.07 Å². The van der Waals surface area contributed by atoms with Gasteiger partial charge in [-0.15, -0.1) is 0 Å². The number of nitrogens with two attached hydrogens (primary N) is 1. The molecule has 0 bridgehead atoms. The summed E-state index contributed by atoms with van der Waals surface area (Å²) < 4.78 is 12.9. The van der Waals surface area contributed by atoms with Crippen LogP contribution in [0.1, 0.15) is 24.5 Å². The molecule has 0 unspecified atom stereocenters. The SMILES string of the molecule is Cc1cc(F)cc(CC[C@H](C)N)c1. The summed E-state index contributed by atoms with van der Waals surface area (Å²) in [6, 6.07) is 5.31. The van der Waals surface area contributed by atoms with Crippen molar-refractivity contribution < 1.29 is 4.39 Å². The lowest BCUT2D eigenvalue weighted by atomic mass is 10.0. The van der Waals surface area contributed by atoms with Gasteiger partial charge in [0.2, 0.25) is 0 Å². The van der Waals surface area contributed by atoms with Crippen molar-refractivity contribution in [2.45, 2.75) is 32.7 Å². The molecule has 2 heteroatoms. The zero-order valence-electron chi connectivity index (χ0n) is 8.18. The summed E-state index contributed by atoms with van der Waals surface area (Å²) in [4.78, 5) is 0. The third-order valence-electron chi connectivity index (χ3n) is 1.99. The van der Waals surface area contributed by atoms with Crippen molar-refractivity contribution in [2.75, 3.05) is 0 Å². The monoisotopic (exact) mass is 181 g/mol. The zero-order chi connectivity index (χ0) is 9.84. The molecule has 0 fully saturated rings. The van der Waals surface area contributed by atoms with Gasteiger partial charge in [0.25, 0.3) is 0 Å². The first-order valence-corrected chi connectivity index (χ1v) is 4.59. The van der Waals surface area contributed by atoms with Gasteiger partial charge in [0.1, 0.15) is 5.82 Å². The Bertz CT molecular complexity index is 261. The van der Waals surface area contributed by atoms with E-state index in [0.717, 1.165) is 24.0 Å². The molecule has 0 spiro atoms. The molecule has 1 rings (SSSR count). The molecule has 1 aromatic carbocycles. The maximum atomic E-state index is 12.9. The molecule has 0 saturated carbocycles. The van der Waals surface area contributed by atoms with Crippen molar-refractivity contribution in [3.05, 3.63) is 35.1 Å². The van der Waals surface area contributed by atoms with Crippen LogP contribution in [0.3, 0.4) is 0 Å². The highest BCUT2D eigenvalue weighted by molar-refractivity contribution is 5.23. The van der Waals surface area contributed by atoms with Crippen LogP contribution in [0.2, 0.25) is 0 Å². The highest BCUT2D eigenvalue weighted by Gasteiger charge is 2.00. The lowest BCUT2D eigenvalue weighted by molar-refractivity contribution is 0.618. The first-order chi connectivity index (χ1) is 6.08. The summed E-state index contributed by atoms with van der Waals surface area (Å²) in [5.74, 6) is -0.153. The minimum absolute atomic E-state index is 0.153. The topological polar surface area (TPSA) is 26.0 Å². The van der Waals surface area contributed by atoms with Crippen LogP contribution in [0.15, 0.2) is 18.2 Å². The fourth-order valence-corrected chi connectivity index (χ4v) is 1.35. The first-order valence-electron chi connectivity index (χ1n) is 4.59. The average Bonchev–Trinajstić information content (AvgIpc) is 1.99. The van der Waals surface area contributed by atoms with Crippen LogP contribution < -0.4 is 5.73 Å². The van der Waals surface area contributed by atoms with E-state index >= 15 is 0 Å². The van der Waals surface area contributed by atoms with Gasteiger partial charge >= 0.3 is 0 Å². The summed E-state index contributed by atoms with van der Waals surface area (Å²) in [5, 5.41) is 0. The number of halogens is 1. The molecule has 0 aromatic heterocycles. The molecule has 0 heterocycles. The smallest absolute Gasteiger partial charge is 0.123 e. The molecule has 2 N–H and O–H groups in total. The van der Waals surface area contributed by atoms with Crippen molar-refractivity contribution in [3.8, 4) is 0 Å². The van der Waals surface area contributed by atoms with E-state index in [9.17, 15) is 4.39 Å².